The number of rotatable bonds is 5. The molecule has 20 heavy (non-hydrogen) atoms. The minimum Gasteiger partial charge on any atom is -0.414 e. The smallest absolute Gasteiger partial charge is 0.350 e. The molecule has 6 nitrogen and oxygen atoms in total. The number of aromatic nitrogens is 4. The van der Waals surface area contributed by atoms with Gasteiger partial charge < -0.3 is 10.2 Å². The van der Waals surface area contributed by atoms with Crippen LogP contribution < -0.4 is 5.73 Å². The Morgan fingerprint density at radius 3 is 2.25 bits per heavy atom. The van der Waals surface area contributed by atoms with E-state index in [1.165, 1.54) is 0 Å². The largest absolute Gasteiger partial charge is 0.414 e. The summed E-state index contributed by atoms with van der Waals surface area (Å²) < 4.78 is 30.9. The molecule has 1 atom stereocenters. The lowest BCUT2D eigenvalue weighted by Crippen LogP contribution is -2.48. The zero-order valence-corrected chi connectivity index (χ0v) is 13.8. The molecular weight excluding hydrogens is 284 g/mol. The molecule has 0 amide bonds. The van der Waals surface area contributed by atoms with Gasteiger partial charge in [-0.3, -0.25) is 0 Å². The number of hydrogen-bond donors (Lipinski definition) is 1. The summed E-state index contributed by atoms with van der Waals surface area (Å²) in [5.74, 6) is 0.0523. The van der Waals surface area contributed by atoms with Crippen LogP contribution in [0, 0.1) is 0 Å². The molecule has 0 radical (unpaired) electrons. The lowest BCUT2D eigenvalue weighted by molar-refractivity contribution is 0.0389. The Kier molecular flexibility index (Phi) is 4.67. The highest BCUT2D eigenvalue weighted by atomic mass is 28.4. The van der Waals surface area contributed by atoms with Crippen LogP contribution in [0.3, 0.4) is 0 Å². The average molecular weight is 307 g/mol. The molecule has 0 aliphatic heterocycles. The van der Waals surface area contributed by atoms with E-state index in [1.54, 1.807) is 6.92 Å². The molecule has 1 aromatic rings. The van der Waals surface area contributed by atoms with Crippen molar-refractivity contribution in [2.24, 2.45) is 5.73 Å². The van der Waals surface area contributed by atoms with Gasteiger partial charge in [-0.15, -0.1) is 10.2 Å². The van der Waals surface area contributed by atoms with Crippen LogP contribution in [-0.4, -0.2) is 35.1 Å². The Hall–Kier alpha value is -0.933. The third kappa shape index (κ3) is 3.80. The summed E-state index contributed by atoms with van der Waals surface area (Å²) in [5.41, 5.74) is 5.02. The molecule has 1 rings (SSSR count). The Bertz CT molecular complexity index is 456. The predicted molar refractivity (Wildman–Crippen MR) is 73.8 cm³/mol. The number of alkyl halides is 2. The van der Waals surface area contributed by atoms with Gasteiger partial charge in [-0.25, -0.2) is 0 Å². The van der Waals surface area contributed by atoms with Crippen molar-refractivity contribution in [3.63, 3.8) is 0 Å². The number of nitrogens with zero attached hydrogens (tertiary/aromatic N) is 4. The maximum absolute atomic E-state index is 12.4. The highest BCUT2D eigenvalue weighted by Crippen LogP contribution is 2.37. The highest BCUT2D eigenvalue weighted by Gasteiger charge is 2.39. The van der Waals surface area contributed by atoms with Crippen LogP contribution in [0.5, 0.6) is 0 Å². The number of halogens is 2. The normalized spacial score (nSPS) is 16.5. The first kappa shape index (κ1) is 17.1. The molecule has 0 aliphatic rings. The second kappa shape index (κ2) is 5.45. The summed E-state index contributed by atoms with van der Waals surface area (Å²) in [6.45, 7) is 9.49. The third-order valence-electron chi connectivity index (χ3n) is 3.65. The highest BCUT2D eigenvalue weighted by molar-refractivity contribution is 6.74. The second-order valence-electron chi connectivity index (χ2n) is 6.68. The molecule has 2 N–H and O–H groups in total. The van der Waals surface area contributed by atoms with Crippen LogP contribution in [0.25, 0.3) is 0 Å². The van der Waals surface area contributed by atoms with E-state index < -0.39 is 20.4 Å². The maximum Gasteiger partial charge on any atom is 0.350 e. The van der Waals surface area contributed by atoms with Gasteiger partial charge in [0.1, 0.15) is 0 Å². The Balaban J connectivity index is 2.79. The number of tetrazole rings is 1. The van der Waals surface area contributed by atoms with Crippen molar-refractivity contribution in [3.8, 4) is 0 Å². The lowest BCUT2D eigenvalue weighted by Gasteiger charge is -2.38. The molecule has 1 aromatic heterocycles. The molecular formula is C11H23F2N5OSi. The van der Waals surface area contributed by atoms with Gasteiger partial charge in [0.2, 0.25) is 0 Å². The van der Waals surface area contributed by atoms with E-state index in [9.17, 15) is 8.78 Å². The van der Waals surface area contributed by atoms with Gasteiger partial charge in [0.25, 0.3) is 0 Å². The summed E-state index contributed by atoms with van der Waals surface area (Å²) in [6, 6.07) is 0. The first-order valence-electron chi connectivity index (χ1n) is 6.38. The van der Waals surface area contributed by atoms with Crippen LogP contribution in [0.1, 0.15) is 40.1 Å². The topological polar surface area (TPSA) is 78.9 Å². The van der Waals surface area contributed by atoms with E-state index >= 15 is 0 Å². The first-order valence-corrected chi connectivity index (χ1v) is 9.29. The fraction of sp³-hybridized carbons (Fsp3) is 0.909. The first-order chi connectivity index (χ1) is 8.87. The Labute approximate surface area is 118 Å². The quantitative estimate of drug-likeness (QED) is 0.844. The van der Waals surface area contributed by atoms with Gasteiger partial charge in [-0.05, 0) is 30.3 Å². The predicted octanol–water partition coefficient (Wildman–Crippen LogP) is 2.26. The molecule has 116 valence electrons. The molecule has 0 spiro atoms. The fourth-order valence-corrected chi connectivity index (χ4v) is 2.24. The molecule has 9 heteroatoms. The summed E-state index contributed by atoms with van der Waals surface area (Å²) in [4.78, 5) is 0.243. The van der Waals surface area contributed by atoms with Gasteiger partial charge in [0.15, 0.2) is 14.1 Å². The molecule has 1 heterocycles. The van der Waals surface area contributed by atoms with Gasteiger partial charge >= 0.3 is 6.55 Å². The van der Waals surface area contributed by atoms with Gasteiger partial charge in [-0.1, -0.05) is 25.6 Å². The van der Waals surface area contributed by atoms with Crippen molar-refractivity contribution >= 4 is 8.32 Å². The van der Waals surface area contributed by atoms with Gasteiger partial charge in [0, 0.05) is 0 Å². The van der Waals surface area contributed by atoms with E-state index in [2.05, 4.69) is 49.3 Å². The van der Waals surface area contributed by atoms with Crippen molar-refractivity contribution in [2.45, 2.75) is 57.9 Å². The van der Waals surface area contributed by atoms with Crippen molar-refractivity contribution in [1.29, 1.82) is 0 Å². The van der Waals surface area contributed by atoms with E-state index in [0.29, 0.717) is 0 Å². The summed E-state index contributed by atoms with van der Waals surface area (Å²) in [5, 5.41) is 10.5. The molecule has 0 saturated carbocycles. The van der Waals surface area contributed by atoms with Crippen LogP contribution in [0.2, 0.25) is 18.1 Å². The van der Waals surface area contributed by atoms with Crippen molar-refractivity contribution in [3.05, 3.63) is 5.82 Å². The lowest BCUT2D eigenvalue weighted by atomic mass is 10.1. The van der Waals surface area contributed by atoms with E-state index in [0.717, 1.165) is 0 Å². The van der Waals surface area contributed by atoms with E-state index in [4.69, 9.17) is 10.2 Å². The molecule has 0 fully saturated rings. The molecule has 0 aromatic carbocycles. The summed E-state index contributed by atoms with van der Waals surface area (Å²) in [6.07, 6.45) is 0. The fourth-order valence-electron chi connectivity index (χ4n) is 1.15. The zero-order valence-electron chi connectivity index (χ0n) is 12.8. The number of nitrogens with two attached hydrogens (primary N) is 1. The number of hydrogen-bond acceptors (Lipinski definition) is 5. The van der Waals surface area contributed by atoms with E-state index in [1.807, 2.05) is 0 Å². The monoisotopic (exact) mass is 307 g/mol. The van der Waals surface area contributed by atoms with Crippen LogP contribution in [-0.2, 0) is 9.96 Å². The molecule has 0 aliphatic carbocycles. The second-order valence-corrected chi connectivity index (χ2v) is 11.5. The van der Waals surface area contributed by atoms with Crippen molar-refractivity contribution in [1.82, 2.24) is 20.2 Å². The standard InChI is InChI=1S/C11H23F2N5OSi/c1-10(2,3)20(5,6)19-7-11(4,14)8-15-17-18(16-8)9(12)13/h9H,7,14H2,1-6H3. The SMILES string of the molecule is CC(N)(CO[Si](C)(C)C(C)(C)C)c1nnn(C(F)F)n1. The summed E-state index contributed by atoms with van der Waals surface area (Å²) in [7, 11) is -1.97. The van der Waals surface area contributed by atoms with Crippen LogP contribution >= 0.6 is 0 Å². The molecule has 0 bridgehead atoms. The van der Waals surface area contributed by atoms with Gasteiger partial charge in [0.05, 0.1) is 12.1 Å². The third-order valence-corrected chi connectivity index (χ3v) is 8.13. The summed E-state index contributed by atoms with van der Waals surface area (Å²) >= 11 is 0. The van der Waals surface area contributed by atoms with Crippen LogP contribution in [0.15, 0.2) is 0 Å². The average Bonchev–Trinajstić information content (AvgIpc) is 2.75. The van der Waals surface area contributed by atoms with E-state index in [-0.39, 0.29) is 22.3 Å². The molecule has 1 unspecified atom stereocenters. The minimum absolute atomic E-state index is 0.0388. The zero-order chi connectivity index (χ0) is 15.8. The Morgan fingerprint density at radius 1 is 1.30 bits per heavy atom. The maximum atomic E-state index is 12.4. The molecule has 0 saturated heterocycles. The Morgan fingerprint density at radius 2 is 1.85 bits per heavy atom. The van der Waals surface area contributed by atoms with Gasteiger partial charge in [-0.2, -0.15) is 8.78 Å². The van der Waals surface area contributed by atoms with Crippen molar-refractivity contribution < 1.29 is 13.2 Å². The minimum atomic E-state index is -2.83. The van der Waals surface area contributed by atoms with Crippen molar-refractivity contribution in [2.75, 3.05) is 6.61 Å². The van der Waals surface area contributed by atoms with Crippen LogP contribution in [0.4, 0.5) is 8.78 Å².